The van der Waals surface area contributed by atoms with Crippen LogP contribution >= 0.6 is 81.2 Å². The number of halogens is 7. The summed E-state index contributed by atoms with van der Waals surface area (Å²) in [5.41, 5.74) is 0.160. The summed E-state index contributed by atoms with van der Waals surface area (Å²) in [6.45, 7) is -0.823. The summed E-state index contributed by atoms with van der Waals surface area (Å²) in [5.74, 6) is -6.95. The minimum atomic E-state index is -2.20. The van der Waals surface area contributed by atoms with E-state index in [0.717, 1.165) is 0 Å². The molecule has 9 nitrogen and oxygen atoms in total. The Morgan fingerprint density at radius 1 is 0.771 bits per heavy atom. The molecular weight excluding hydrogens is 773 g/mol. The Kier molecular flexibility index (Phi) is 8.99. The predicted molar refractivity (Wildman–Crippen MR) is 180 cm³/mol. The van der Waals surface area contributed by atoms with E-state index in [1.54, 1.807) is 24.3 Å². The van der Waals surface area contributed by atoms with Gasteiger partial charge in [-0.2, -0.15) is 5.01 Å². The van der Waals surface area contributed by atoms with E-state index in [1.165, 1.54) is 55.6 Å². The van der Waals surface area contributed by atoms with Crippen molar-refractivity contribution in [3.63, 3.8) is 0 Å². The lowest BCUT2D eigenvalue weighted by Crippen LogP contribution is -2.56. The zero-order chi connectivity index (χ0) is 34.9. The standard InChI is InChI=1S/C32H19Cl7N2O7/c1-47-18-6-4-5-16(13-18)29(46)48-17-11-9-15(10-12-17)21(42)14-40(26(43)19-7-2-3-8-20(19)33)41-27(44)22-23(28(41)45)31(37)25(35)24(34)30(22,36)32(31,38)39/h2-13,22-23H,14H2,1H3/t22-,23+,30-,31-/m1/s1. The van der Waals surface area contributed by atoms with Crippen molar-refractivity contribution < 1.29 is 33.4 Å². The number of allylic oxidation sites excluding steroid dienone is 2. The third-order valence-electron chi connectivity index (χ3n) is 8.45. The van der Waals surface area contributed by atoms with Crippen LogP contribution in [-0.4, -0.2) is 67.2 Å². The van der Waals surface area contributed by atoms with E-state index in [1.807, 2.05) is 0 Å². The second kappa shape index (κ2) is 12.4. The molecule has 2 fully saturated rings. The Morgan fingerprint density at radius 3 is 1.92 bits per heavy atom. The number of carbonyl (C=O) groups is 5. The number of Topliss-reactive ketones (excluding diaryl/α,β-unsaturated/α-hetero) is 1. The molecule has 3 aliphatic rings. The minimum Gasteiger partial charge on any atom is -0.497 e. The van der Waals surface area contributed by atoms with Crippen molar-refractivity contribution in [2.24, 2.45) is 11.8 Å². The van der Waals surface area contributed by atoms with Crippen molar-refractivity contribution >= 4 is 111 Å². The van der Waals surface area contributed by atoms with Gasteiger partial charge in [-0.1, -0.05) is 76.2 Å². The lowest BCUT2D eigenvalue weighted by molar-refractivity contribution is -0.154. The van der Waals surface area contributed by atoms with Gasteiger partial charge in [-0.15, -0.1) is 23.2 Å². The summed E-state index contributed by atoms with van der Waals surface area (Å²) in [5, 5.41) is 0.483. The predicted octanol–water partition coefficient (Wildman–Crippen LogP) is 7.25. The average molecular weight is 792 g/mol. The Morgan fingerprint density at radius 2 is 1.35 bits per heavy atom. The maximum absolute atomic E-state index is 14.1. The number of hydrazine groups is 1. The molecule has 248 valence electrons. The zero-order valence-corrected chi connectivity index (χ0v) is 29.5. The molecule has 3 amide bonds. The molecule has 1 aliphatic heterocycles. The van der Waals surface area contributed by atoms with Gasteiger partial charge in [-0.3, -0.25) is 19.2 Å². The Labute approximate surface area is 308 Å². The van der Waals surface area contributed by atoms with Gasteiger partial charge in [0.05, 0.1) is 45.2 Å². The van der Waals surface area contributed by atoms with Crippen LogP contribution in [0.3, 0.4) is 0 Å². The lowest BCUT2D eigenvalue weighted by Gasteiger charge is -2.36. The highest BCUT2D eigenvalue weighted by molar-refractivity contribution is 6.66. The number of fused-ring (bicyclic) bond motifs is 5. The Hall–Kier alpha value is -3.02. The number of amides is 3. The molecule has 3 aromatic carbocycles. The molecule has 16 heteroatoms. The van der Waals surface area contributed by atoms with Gasteiger partial charge in [0.25, 0.3) is 17.7 Å². The summed E-state index contributed by atoms with van der Waals surface area (Å²) in [7, 11) is 1.46. The van der Waals surface area contributed by atoms with Crippen LogP contribution in [0.2, 0.25) is 5.02 Å². The van der Waals surface area contributed by atoms with Gasteiger partial charge in [0.2, 0.25) is 0 Å². The summed E-state index contributed by atoms with van der Waals surface area (Å²) >= 11 is 45.9. The molecule has 0 unspecified atom stereocenters. The molecule has 1 heterocycles. The molecular formula is C32H19Cl7N2O7. The Bertz CT molecular complexity index is 1910. The van der Waals surface area contributed by atoms with Gasteiger partial charge in [0.15, 0.2) is 10.1 Å². The van der Waals surface area contributed by atoms with Gasteiger partial charge in [0, 0.05) is 5.56 Å². The van der Waals surface area contributed by atoms with Crippen molar-refractivity contribution in [1.29, 1.82) is 0 Å². The first-order chi connectivity index (χ1) is 22.6. The van der Waals surface area contributed by atoms with Crippen LogP contribution in [0.4, 0.5) is 0 Å². The maximum atomic E-state index is 14.1. The molecule has 0 N–H and O–H groups in total. The van der Waals surface area contributed by atoms with Gasteiger partial charge in [-0.05, 0) is 54.6 Å². The number of carbonyl (C=O) groups excluding carboxylic acids is 5. The first kappa shape index (κ1) is 34.8. The van der Waals surface area contributed by atoms with E-state index in [9.17, 15) is 24.0 Å². The molecule has 4 atom stereocenters. The van der Waals surface area contributed by atoms with Crippen LogP contribution < -0.4 is 9.47 Å². The van der Waals surface area contributed by atoms with E-state index in [-0.39, 0.29) is 37.5 Å². The molecule has 1 saturated carbocycles. The van der Waals surface area contributed by atoms with Crippen LogP contribution in [0.5, 0.6) is 11.5 Å². The number of esters is 1. The topological polar surface area (TPSA) is 110 Å². The van der Waals surface area contributed by atoms with Crippen LogP contribution in [-0.2, 0) is 9.59 Å². The smallest absolute Gasteiger partial charge is 0.343 e. The van der Waals surface area contributed by atoms with Gasteiger partial charge in [-0.25, -0.2) is 9.80 Å². The second-order valence-electron chi connectivity index (χ2n) is 11.0. The average Bonchev–Trinajstić information content (AvgIpc) is 3.46. The van der Waals surface area contributed by atoms with Crippen molar-refractivity contribution in [2.45, 2.75) is 14.1 Å². The van der Waals surface area contributed by atoms with Crippen LogP contribution in [0.1, 0.15) is 31.1 Å². The first-order valence-electron chi connectivity index (χ1n) is 13.9. The van der Waals surface area contributed by atoms with E-state index in [2.05, 4.69) is 0 Å². The number of hydrogen-bond donors (Lipinski definition) is 0. The second-order valence-corrected chi connectivity index (χ2v) is 14.7. The quantitative estimate of drug-likeness (QED) is 0.0778. The first-order valence-corrected chi connectivity index (χ1v) is 16.5. The molecule has 6 rings (SSSR count). The van der Waals surface area contributed by atoms with Crippen molar-refractivity contribution in [3.8, 4) is 11.5 Å². The van der Waals surface area contributed by atoms with Gasteiger partial charge >= 0.3 is 5.97 Å². The van der Waals surface area contributed by atoms with Crippen LogP contribution in [0, 0.1) is 11.8 Å². The molecule has 0 radical (unpaired) electrons. The van der Waals surface area contributed by atoms with E-state index in [0.29, 0.717) is 15.8 Å². The monoisotopic (exact) mass is 788 g/mol. The fraction of sp³-hybridized carbons (Fsp3) is 0.219. The molecule has 2 bridgehead atoms. The van der Waals surface area contributed by atoms with Crippen molar-refractivity contribution in [2.75, 3.05) is 13.7 Å². The lowest BCUT2D eigenvalue weighted by atomic mass is 9.84. The normalized spacial score (nSPS) is 25.3. The minimum absolute atomic E-state index is 0.0163. The summed E-state index contributed by atoms with van der Waals surface area (Å²) in [4.78, 5) is 64.2. The van der Waals surface area contributed by atoms with Crippen LogP contribution in [0.25, 0.3) is 0 Å². The van der Waals surface area contributed by atoms with Gasteiger partial charge < -0.3 is 9.47 Å². The number of imide groups is 1. The number of rotatable bonds is 8. The maximum Gasteiger partial charge on any atom is 0.343 e. The number of nitrogens with zero attached hydrogens (tertiary/aromatic N) is 2. The van der Waals surface area contributed by atoms with Crippen molar-refractivity contribution in [1.82, 2.24) is 10.0 Å². The fourth-order valence-electron chi connectivity index (χ4n) is 6.08. The van der Waals surface area contributed by atoms with E-state index >= 15 is 0 Å². The van der Waals surface area contributed by atoms with E-state index < -0.39 is 61.9 Å². The Balaban J connectivity index is 1.31. The fourth-order valence-corrected chi connectivity index (χ4v) is 9.22. The number of alkyl halides is 4. The van der Waals surface area contributed by atoms with Gasteiger partial charge in [0.1, 0.15) is 27.8 Å². The number of ether oxygens (including phenoxy) is 2. The largest absolute Gasteiger partial charge is 0.497 e. The summed E-state index contributed by atoms with van der Waals surface area (Å²) in [6, 6.07) is 17.6. The number of methoxy groups -OCH3 is 1. The number of ketones is 1. The van der Waals surface area contributed by atoms with Crippen molar-refractivity contribution in [3.05, 3.63) is 105 Å². The number of benzene rings is 3. The van der Waals surface area contributed by atoms with E-state index in [4.69, 9.17) is 90.7 Å². The highest BCUT2D eigenvalue weighted by atomic mass is 35.5. The summed E-state index contributed by atoms with van der Waals surface area (Å²) < 4.78 is 8.33. The molecule has 3 aromatic rings. The zero-order valence-electron chi connectivity index (χ0n) is 24.2. The molecule has 1 saturated heterocycles. The van der Waals surface area contributed by atoms with Crippen LogP contribution in [0.15, 0.2) is 82.9 Å². The highest BCUT2D eigenvalue weighted by Crippen LogP contribution is 2.77. The summed E-state index contributed by atoms with van der Waals surface area (Å²) in [6.07, 6.45) is 0. The number of hydrogen-bond acceptors (Lipinski definition) is 7. The molecule has 2 aliphatic carbocycles. The molecule has 0 aromatic heterocycles. The molecule has 48 heavy (non-hydrogen) atoms. The third-order valence-corrected chi connectivity index (χ3v) is 13.0. The molecule has 0 spiro atoms. The highest BCUT2D eigenvalue weighted by Gasteiger charge is 2.88. The SMILES string of the molecule is COc1cccc(C(=O)Oc2ccc(C(=O)CN(C(=O)c3ccccc3Cl)N3C(=O)[C@@H]4[C@H](C3=O)[C@@]3(Cl)C(Cl)=C(Cl)[C@@]4(Cl)C3(Cl)Cl)cc2)c1. The third kappa shape index (κ3) is 4.93.